The van der Waals surface area contributed by atoms with Crippen LogP contribution in [-0.4, -0.2) is 6.04 Å². The lowest BCUT2D eigenvalue weighted by Gasteiger charge is -2.25. The number of thiophene rings is 1. The quantitative estimate of drug-likeness (QED) is 0.822. The third kappa shape index (κ3) is 3.60. The van der Waals surface area contributed by atoms with Gasteiger partial charge in [0.05, 0.1) is 0 Å². The highest BCUT2D eigenvalue weighted by molar-refractivity contribution is 7.10. The second-order valence-electron chi connectivity index (χ2n) is 5.45. The summed E-state index contributed by atoms with van der Waals surface area (Å²) in [4.78, 5) is 1.20. The summed E-state index contributed by atoms with van der Waals surface area (Å²) in [5.74, 6) is 0.830. The van der Waals surface area contributed by atoms with E-state index in [1.807, 2.05) is 26.0 Å². The highest BCUT2D eigenvalue weighted by atomic mass is 35.5. The van der Waals surface area contributed by atoms with E-state index in [0.29, 0.717) is 0 Å². The van der Waals surface area contributed by atoms with Crippen LogP contribution in [-0.2, 0) is 0 Å². The molecular formula is C17H22ClNOS. The standard InChI is InChI=1S/C17H22ClNOS/c1-5-14(19)16(17-10(2)6-7-21-17)20-13-8-11(3)15(18)12(4)9-13/h6-9,14,16H,5,19H2,1-4H3. The van der Waals surface area contributed by atoms with Crippen LogP contribution in [0.5, 0.6) is 5.75 Å². The normalized spacial score (nSPS) is 14.0. The molecule has 4 heteroatoms. The molecule has 1 aromatic carbocycles. The second-order valence-corrected chi connectivity index (χ2v) is 6.78. The van der Waals surface area contributed by atoms with Crippen molar-refractivity contribution in [3.63, 3.8) is 0 Å². The van der Waals surface area contributed by atoms with Gasteiger partial charge < -0.3 is 10.5 Å². The number of ether oxygens (including phenoxy) is 1. The Morgan fingerprint density at radius 3 is 2.29 bits per heavy atom. The van der Waals surface area contributed by atoms with Crippen LogP contribution in [0.1, 0.15) is 41.0 Å². The van der Waals surface area contributed by atoms with Crippen LogP contribution in [0.25, 0.3) is 0 Å². The van der Waals surface area contributed by atoms with Gasteiger partial charge in [0.25, 0.3) is 0 Å². The number of hydrogen-bond acceptors (Lipinski definition) is 3. The number of hydrogen-bond donors (Lipinski definition) is 1. The van der Waals surface area contributed by atoms with Gasteiger partial charge in [0.1, 0.15) is 11.9 Å². The monoisotopic (exact) mass is 323 g/mol. The first kappa shape index (κ1) is 16.3. The van der Waals surface area contributed by atoms with Gasteiger partial charge in [0.15, 0.2) is 0 Å². The summed E-state index contributed by atoms with van der Waals surface area (Å²) in [6.07, 6.45) is 0.753. The first-order valence-corrected chi connectivity index (χ1v) is 8.42. The van der Waals surface area contributed by atoms with Gasteiger partial charge in [-0.1, -0.05) is 18.5 Å². The van der Waals surface area contributed by atoms with Gasteiger partial charge >= 0.3 is 0 Å². The lowest BCUT2D eigenvalue weighted by molar-refractivity contribution is 0.174. The second kappa shape index (κ2) is 6.82. The van der Waals surface area contributed by atoms with Crippen molar-refractivity contribution in [2.24, 2.45) is 5.73 Å². The number of benzene rings is 1. The van der Waals surface area contributed by atoms with Crippen molar-refractivity contribution in [2.75, 3.05) is 0 Å². The predicted octanol–water partition coefficient (Wildman–Crippen LogP) is 5.18. The molecule has 1 heterocycles. The molecule has 2 aromatic rings. The minimum atomic E-state index is -0.116. The maximum Gasteiger partial charge on any atom is 0.148 e. The third-order valence-corrected chi connectivity index (χ3v) is 5.37. The Morgan fingerprint density at radius 2 is 1.81 bits per heavy atom. The van der Waals surface area contributed by atoms with Crippen LogP contribution in [0.15, 0.2) is 23.6 Å². The first-order valence-electron chi connectivity index (χ1n) is 7.17. The van der Waals surface area contributed by atoms with Gasteiger partial charge in [-0.15, -0.1) is 11.3 Å². The molecule has 0 fully saturated rings. The largest absolute Gasteiger partial charge is 0.483 e. The van der Waals surface area contributed by atoms with Crippen LogP contribution in [0.2, 0.25) is 5.02 Å². The van der Waals surface area contributed by atoms with E-state index in [2.05, 4.69) is 25.3 Å². The number of halogens is 1. The van der Waals surface area contributed by atoms with Crippen molar-refractivity contribution in [3.8, 4) is 5.75 Å². The van der Waals surface area contributed by atoms with E-state index in [9.17, 15) is 0 Å². The van der Waals surface area contributed by atoms with Crippen LogP contribution < -0.4 is 10.5 Å². The van der Waals surface area contributed by atoms with Crippen molar-refractivity contribution < 1.29 is 4.74 Å². The molecule has 1 aromatic heterocycles. The molecule has 2 nitrogen and oxygen atoms in total. The minimum absolute atomic E-state index is 0.0290. The topological polar surface area (TPSA) is 35.2 Å². The molecule has 2 atom stereocenters. The van der Waals surface area contributed by atoms with Crippen LogP contribution in [0, 0.1) is 20.8 Å². The molecule has 0 aliphatic rings. The van der Waals surface area contributed by atoms with E-state index in [-0.39, 0.29) is 12.1 Å². The molecule has 0 aliphatic carbocycles. The van der Waals surface area contributed by atoms with Crippen LogP contribution in [0.4, 0.5) is 0 Å². The first-order chi connectivity index (χ1) is 9.93. The number of nitrogens with two attached hydrogens (primary N) is 1. The molecule has 0 bridgehead atoms. The van der Waals surface area contributed by atoms with E-state index in [1.165, 1.54) is 10.4 Å². The van der Waals surface area contributed by atoms with E-state index >= 15 is 0 Å². The summed E-state index contributed by atoms with van der Waals surface area (Å²) in [5.41, 5.74) is 9.57. The fraction of sp³-hybridized carbons (Fsp3) is 0.412. The van der Waals surface area contributed by atoms with Gasteiger partial charge in [-0.05, 0) is 67.5 Å². The van der Waals surface area contributed by atoms with Gasteiger partial charge in [0.2, 0.25) is 0 Å². The fourth-order valence-electron chi connectivity index (χ4n) is 2.35. The van der Waals surface area contributed by atoms with Crippen molar-refractivity contribution in [1.29, 1.82) is 0 Å². The molecule has 0 spiro atoms. The Balaban J connectivity index is 2.34. The summed E-state index contributed by atoms with van der Waals surface area (Å²) >= 11 is 7.92. The predicted molar refractivity (Wildman–Crippen MR) is 91.6 cm³/mol. The van der Waals surface area contributed by atoms with Crippen molar-refractivity contribution >= 4 is 22.9 Å². The minimum Gasteiger partial charge on any atom is -0.483 e. The molecule has 114 valence electrons. The lowest BCUT2D eigenvalue weighted by atomic mass is 10.0. The molecule has 2 rings (SSSR count). The maximum atomic E-state index is 6.29. The van der Waals surface area contributed by atoms with Gasteiger partial charge in [-0.25, -0.2) is 0 Å². The molecule has 0 saturated carbocycles. The molecule has 0 saturated heterocycles. The molecule has 2 N–H and O–H groups in total. The van der Waals surface area contributed by atoms with Crippen LogP contribution in [0.3, 0.4) is 0 Å². The maximum absolute atomic E-state index is 6.29. The Morgan fingerprint density at radius 1 is 1.19 bits per heavy atom. The molecule has 21 heavy (non-hydrogen) atoms. The van der Waals surface area contributed by atoms with E-state index < -0.39 is 0 Å². The molecule has 0 radical (unpaired) electrons. The zero-order valence-corrected chi connectivity index (χ0v) is 14.5. The van der Waals surface area contributed by atoms with Crippen molar-refractivity contribution in [2.45, 2.75) is 46.3 Å². The zero-order valence-electron chi connectivity index (χ0n) is 12.9. The molecule has 0 amide bonds. The Labute approximate surface area is 135 Å². The molecule has 2 unspecified atom stereocenters. The Bertz CT molecular complexity index is 600. The summed E-state index contributed by atoms with van der Waals surface area (Å²) in [6, 6.07) is 6.04. The van der Waals surface area contributed by atoms with Crippen molar-refractivity contribution in [3.05, 3.63) is 50.2 Å². The lowest BCUT2D eigenvalue weighted by Crippen LogP contribution is -2.31. The van der Waals surface area contributed by atoms with Gasteiger partial charge in [-0.3, -0.25) is 0 Å². The van der Waals surface area contributed by atoms with E-state index in [1.54, 1.807) is 11.3 Å². The number of aryl methyl sites for hydroxylation is 3. The number of rotatable bonds is 5. The Hall–Kier alpha value is -1.03. The Kier molecular flexibility index (Phi) is 5.31. The average molecular weight is 324 g/mol. The third-order valence-electron chi connectivity index (χ3n) is 3.69. The molecular weight excluding hydrogens is 302 g/mol. The van der Waals surface area contributed by atoms with Gasteiger partial charge in [-0.2, -0.15) is 0 Å². The highest BCUT2D eigenvalue weighted by Crippen LogP contribution is 2.33. The van der Waals surface area contributed by atoms with Crippen molar-refractivity contribution in [1.82, 2.24) is 0 Å². The van der Waals surface area contributed by atoms with E-state index in [0.717, 1.165) is 28.3 Å². The summed E-state index contributed by atoms with van der Waals surface area (Å²) in [5, 5.41) is 2.88. The summed E-state index contributed by atoms with van der Waals surface area (Å²) in [7, 11) is 0. The average Bonchev–Trinajstić information content (AvgIpc) is 2.87. The smallest absolute Gasteiger partial charge is 0.148 e. The fourth-order valence-corrected chi connectivity index (χ4v) is 3.49. The highest BCUT2D eigenvalue weighted by Gasteiger charge is 2.23. The van der Waals surface area contributed by atoms with Crippen LogP contribution >= 0.6 is 22.9 Å². The van der Waals surface area contributed by atoms with Gasteiger partial charge in [0, 0.05) is 15.9 Å². The molecule has 0 aliphatic heterocycles. The van der Waals surface area contributed by atoms with E-state index in [4.69, 9.17) is 22.1 Å². The SMILES string of the molecule is CCC(N)C(Oc1cc(C)c(Cl)c(C)c1)c1sccc1C. The zero-order chi connectivity index (χ0) is 15.6. The summed E-state index contributed by atoms with van der Waals surface area (Å²) in [6.45, 7) is 8.17. The summed E-state index contributed by atoms with van der Waals surface area (Å²) < 4.78 is 6.24.